The van der Waals surface area contributed by atoms with E-state index in [1.165, 1.54) is 0 Å². The van der Waals surface area contributed by atoms with Crippen molar-refractivity contribution < 1.29 is 14.3 Å². The van der Waals surface area contributed by atoms with Crippen molar-refractivity contribution in [2.45, 2.75) is 20.3 Å². The van der Waals surface area contributed by atoms with Crippen LogP contribution in [0.1, 0.15) is 20.3 Å². The van der Waals surface area contributed by atoms with E-state index in [1.54, 1.807) is 6.92 Å². The van der Waals surface area contributed by atoms with Gasteiger partial charge < -0.3 is 14.4 Å². The molecule has 0 rings (SSSR count). The molecule has 0 N–H and O–H groups in total. The Morgan fingerprint density at radius 1 is 1.31 bits per heavy atom. The van der Waals surface area contributed by atoms with E-state index >= 15 is 0 Å². The fourth-order valence-electron chi connectivity index (χ4n) is 0.808. The van der Waals surface area contributed by atoms with E-state index in [9.17, 15) is 4.79 Å². The van der Waals surface area contributed by atoms with Crippen LogP contribution in [0.5, 0.6) is 0 Å². The highest BCUT2D eigenvalue weighted by molar-refractivity contribution is 5.59. The van der Waals surface area contributed by atoms with E-state index in [0.29, 0.717) is 13.2 Å². The molecule has 4 heteroatoms. The minimum Gasteiger partial charge on any atom is -0.435 e. The Morgan fingerprint density at radius 3 is 2.54 bits per heavy atom. The summed E-state index contributed by atoms with van der Waals surface area (Å²) >= 11 is 0. The molecule has 0 bridgehead atoms. The molecule has 0 fully saturated rings. The van der Waals surface area contributed by atoms with Crippen LogP contribution in [-0.2, 0) is 9.47 Å². The molecule has 78 valence electrons. The average Bonchev–Trinajstić information content (AvgIpc) is 2.12. The topological polar surface area (TPSA) is 38.8 Å². The Labute approximate surface area is 79.8 Å². The van der Waals surface area contributed by atoms with Crippen molar-refractivity contribution in [3.8, 4) is 0 Å². The van der Waals surface area contributed by atoms with E-state index in [-0.39, 0.29) is 0 Å². The summed E-state index contributed by atoms with van der Waals surface area (Å²) in [5.41, 5.74) is 0. The highest BCUT2D eigenvalue weighted by Gasteiger charge is 2.01. The number of hydrogen-bond donors (Lipinski definition) is 0. The molecule has 0 saturated heterocycles. The minimum atomic E-state index is -0.568. The van der Waals surface area contributed by atoms with Crippen LogP contribution < -0.4 is 0 Å². The van der Waals surface area contributed by atoms with Gasteiger partial charge in [0.15, 0.2) is 0 Å². The summed E-state index contributed by atoms with van der Waals surface area (Å²) in [5.74, 6) is 0. The zero-order valence-electron chi connectivity index (χ0n) is 8.71. The van der Waals surface area contributed by atoms with Crippen molar-refractivity contribution in [3.63, 3.8) is 0 Å². The highest BCUT2D eigenvalue weighted by Crippen LogP contribution is 1.90. The molecular formula is C9H19NO3. The summed E-state index contributed by atoms with van der Waals surface area (Å²) in [6.07, 6.45) is 0.282. The van der Waals surface area contributed by atoms with Gasteiger partial charge >= 0.3 is 6.16 Å². The van der Waals surface area contributed by atoms with Gasteiger partial charge in [-0.25, -0.2) is 4.79 Å². The Kier molecular flexibility index (Phi) is 7.39. The van der Waals surface area contributed by atoms with Crippen LogP contribution >= 0.6 is 0 Å². The average molecular weight is 189 g/mol. The zero-order valence-corrected chi connectivity index (χ0v) is 8.71. The largest absolute Gasteiger partial charge is 0.508 e. The highest BCUT2D eigenvalue weighted by atomic mass is 16.7. The maximum absolute atomic E-state index is 10.7. The SMILES string of the molecule is CCOC(=O)OCCCN(C)CC. The second-order valence-corrected chi connectivity index (χ2v) is 2.78. The number of hydrogen-bond acceptors (Lipinski definition) is 4. The van der Waals surface area contributed by atoms with Crippen LogP contribution in [0.15, 0.2) is 0 Å². The molecule has 0 saturated carbocycles. The summed E-state index contributed by atoms with van der Waals surface area (Å²) in [6, 6.07) is 0. The summed E-state index contributed by atoms with van der Waals surface area (Å²) < 4.78 is 9.39. The van der Waals surface area contributed by atoms with E-state index in [2.05, 4.69) is 16.6 Å². The summed E-state index contributed by atoms with van der Waals surface area (Å²) in [5, 5.41) is 0. The van der Waals surface area contributed by atoms with Crippen molar-refractivity contribution >= 4 is 6.16 Å². The summed E-state index contributed by atoms with van der Waals surface area (Å²) in [4.78, 5) is 12.9. The van der Waals surface area contributed by atoms with Gasteiger partial charge in [0, 0.05) is 6.54 Å². The van der Waals surface area contributed by atoms with Gasteiger partial charge in [-0.15, -0.1) is 0 Å². The number of rotatable bonds is 6. The maximum Gasteiger partial charge on any atom is 0.508 e. The molecule has 0 amide bonds. The van der Waals surface area contributed by atoms with Crippen LogP contribution in [0.3, 0.4) is 0 Å². The number of nitrogens with zero attached hydrogens (tertiary/aromatic N) is 1. The van der Waals surface area contributed by atoms with E-state index < -0.39 is 6.16 Å². The Morgan fingerprint density at radius 2 is 2.00 bits per heavy atom. The van der Waals surface area contributed by atoms with Crippen LogP contribution in [0.4, 0.5) is 4.79 Å². The molecule has 0 heterocycles. The predicted octanol–water partition coefficient (Wildman–Crippen LogP) is 1.50. The molecule has 0 aliphatic carbocycles. The molecule has 0 aliphatic heterocycles. The van der Waals surface area contributed by atoms with Gasteiger partial charge in [0.1, 0.15) is 0 Å². The third kappa shape index (κ3) is 7.59. The first-order valence-corrected chi connectivity index (χ1v) is 4.68. The molecule has 4 nitrogen and oxygen atoms in total. The number of carbonyl (C=O) groups is 1. The lowest BCUT2D eigenvalue weighted by molar-refractivity contribution is 0.0567. The van der Waals surface area contributed by atoms with Crippen molar-refractivity contribution in [1.29, 1.82) is 0 Å². The smallest absolute Gasteiger partial charge is 0.435 e. The van der Waals surface area contributed by atoms with Gasteiger partial charge in [-0.2, -0.15) is 0 Å². The second kappa shape index (κ2) is 7.86. The quantitative estimate of drug-likeness (QED) is 0.469. The first-order valence-electron chi connectivity index (χ1n) is 4.68. The fourth-order valence-corrected chi connectivity index (χ4v) is 0.808. The van der Waals surface area contributed by atoms with Crippen molar-refractivity contribution in [1.82, 2.24) is 4.90 Å². The van der Waals surface area contributed by atoms with Gasteiger partial charge in [-0.3, -0.25) is 0 Å². The van der Waals surface area contributed by atoms with E-state index in [0.717, 1.165) is 19.5 Å². The maximum atomic E-state index is 10.7. The van der Waals surface area contributed by atoms with Gasteiger partial charge in [0.05, 0.1) is 13.2 Å². The van der Waals surface area contributed by atoms with E-state index in [1.807, 2.05) is 7.05 Å². The van der Waals surface area contributed by atoms with Crippen LogP contribution in [0.2, 0.25) is 0 Å². The molecule has 0 aromatic heterocycles. The van der Waals surface area contributed by atoms with Crippen LogP contribution in [0, 0.1) is 0 Å². The molecule has 0 atom stereocenters. The lowest BCUT2D eigenvalue weighted by Gasteiger charge is -2.12. The normalized spacial score (nSPS) is 10.2. The Balaban J connectivity index is 3.20. The van der Waals surface area contributed by atoms with E-state index in [4.69, 9.17) is 4.74 Å². The second-order valence-electron chi connectivity index (χ2n) is 2.78. The van der Waals surface area contributed by atoms with Crippen molar-refractivity contribution in [2.75, 3.05) is 33.4 Å². The first kappa shape index (κ1) is 12.2. The lowest BCUT2D eigenvalue weighted by Crippen LogP contribution is -2.20. The predicted molar refractivity (Wildman–Crippen MR) is 50.8 cm³/mol. The molecular weight excluding hydrogens is 170 g/mol. The third-order valence-electron chi connectivity index (χ3n) is 1.71. The summed E-state index contributed by atoms with van der Waals surface area (Å²) in [6.45, 7) is 6.60. The molecule has 0 aromatic carbocycles. The molecule has 0 aromatic rings. The Hall–Kier alpha value is -0.770. The lowest BCUT2D eigenvalue weighted by atomic mass is 10.4. The number of carbonyl (C=O) groups excluding carboxylic acids is 1. The molecule has 0 unspecified atom stereocenters. The van der Waals surface area contributed by atoms with Crippen molar-refractivity contribution in [3.05, 3.63) is 0 Å². The summed E-state index contributed by atoms with van der Waals surface area (Å²) in [7, 11) is 2.03. The van der Waals surface area contributed by atoms with Gasteiger partial charge in [0.2, 0.25) is 0 Å². The van der Waals surface area contributed by atoms with Gasteiger partial charge in [-0.05, 0) is 26.9 Å². The van der Waals surface area contributed by atoms with Gasteiger partial charge in [0.25, 0.3) is 0 Å². The molecule has 0 aliphatic rings. The molecule has 13 heavy (non-hydrogen) atoms. The first-order chi connectivity index (χ1) is 6.20. The Bertz CT molecular complexity index is 139. The zero-order chi connectivity index (χ0) is 10.1. The minimum absolute atomic E-state index is 0.369. The van der Waals surface area contributed by atoms with Crippen LogP contribution in [-0.4, -0.2) is 44.4 Å². The molecule has 0 spiro atoms. The fraction of sp³-hybridized carbons (Fsp3) is 0.889. The van der Waals surface area contributed by atoms with Gasteiger partial charge in [-0.1, -0.05) is 6.92 Å². The monoisotopic (exact) mass is 189 g/mol. The van der Waals surface area contributed by atoms with Crippen molar-refractivity contribution in [2.24, 2.45) is 0 Å². The third-order valence-corrected chi connectivity index (χ3v) is 1.71. The number of ether oxygens (including phenoxy) is 2. The van der Waals surface area contributed by atoms with Crippen LogP contribution in [0.25, 0.3) is 0 Å². The molecule has 0 radical (unpaired) electrons. The standard InChI is InChI=1S/C9H19NO3/c1-4-10(3)7-6-8-13-9(11)12-5-2/h4-8H2,1-3H3.